The highest BCUT2D eigenvalue weighted by molar-refractivity contribution is 7.89. The zero-order chi connectivity index (χ0) is 11.9. The summed E-state index contributed by atoms with van der Waals surface area (Å²) in [5, 5.41) is 3.89. The van der Waals surface area contributed by atoms with Gasteiger partial charge in [0.2, 0.25) is 10.0 Å². The Morgan fingerprint density at radius 1 is 1.56 bits per heavy atom. The number of hydrogen-bond acceptors (Lipinski definition) is 4. The Bertz CT molecular complexity index is 502. The van der Waals surface area contributed by atoms with Crippen molar-refractivity contribution >= 4 is 15.8 Å². The number of rotatable bonds is 4. The second-order valence-corrected chi connectivity index (χ2v) is 5.92. The minimum atomic E-state index is -3.51. The van der Waals surface area contributed by atoms with Crippen LogP contribution in [0.3, 0.4) is 0 Å². The Morgan fingerprint density at radius 2 is 2.19 bits per heavy atom. The second kappa shape index (κ2) is 3.74. The smallest absolute Gasteiger partial charge is 0.246 e. The molecule has 1 aliphatic rings. The van der Waals surface area contributed by atoms with Gasteiger partial charge in [0.15, 0.2) is 5.82 Å². The number of anilines is 1. The van der Waals surface area contributed by atoms with E-state index in [1.54, 1.807) is 14.0 Å². The molecule has 1 aliphatic carbocycles. The van der Waals surface area contributed by atoms with Crippen LogP contribution in [-0.4, -0.2) is 24.7 Å². The molecule has 0 saturated heterocycles. The van der Waals surface area contributed by atoms with E-state index in [1.165, 1.54) is 4.68 Å². The quantitative estimate of drug-likeness (QED) is 0.780. The lowest BCUT2D eigenvalue weighted by Crippen LogP contribution is -2.26. The molecule has 16 heavy (non-hydrogen) atoms. The van der Waals surface area contributed by atoms with Gasteiger partial charge >= 0.3 is 0 Å². The van der Waals surface area contributed by atoms with Crippen LogP contribution in [0.2, 0.25) is 0 Å². The molecule has 0 unspecified atom stereocenters. The fraction of sp³-hybridized carbons (Fsp3) is 0.667. The maximum Gasteiger partial charge on any atom is 0.246 e. The van der Waals surface area contributed by atoms with Gasteiger partial charge in [0, 0.05) is 13.6 Å². The molecular formula is C9H16N4O2S. The fourth-order valence-corrected chi connectivity index (χ4v) is 3.00. The minimum absolute atomic E-state index is 0.0586. The van der Waals surface area contributed by atoms with Crippen molar-refractivity contribution in [2.45, 2.75) is 24.7 Å². The molecule has 1 aromatic rings. The van der Waals surface area contributed by atoms with Crippen LogP contribution in [0.4, 0.5) is 5.82 Å². The molecule has 1 fully saturated rings. The van der Waals surface area contributed by atoms with Crippen LogP contribution in [-0.2, 0) is 17.1 Å². The van der Waals surface area contributed by atoms with Crippen LogP contribution >= 0.6 is 0 Å². The van der Waals surface area contributed by atoms with Crippen LogP contribution in [0, 0.1) is 12.8 Å². The highest BCUT2D eigenvalue weighted by Crippen LogP contribution is 2.29. The van der Waals surface area contributed by atoms with Crippen LogP contribution in [0.15, 0.2) is 4.90 Å². The van der Waals surface area contributed by atoms with Gasteiger partial charge < -0.3 is 5.73 Å². The number of sulfonamides is 1. The Morgan fingerprint density at radius 3 is 2.62 bits per heavy atom. The molecule has 3 N–H and O–H groups in total. The van der Waals surface area contributed by atoms with Crippen molar-refractivity contribution in [2.75, 3.05) is 12.3 Å². The maximum absolute atomic E-state index is 12.0. The Labute approximate surface area is 94.9 Å². The lowest BCUT2D eigenvalue weighted by Gasteiger charge is -2.05. The predicted molar refractivity (Wildman–Crippen MR) is 60.3 cm³/mol. The van der Waals surface area contributed by atoms with Crippen molar-refractivity contribution < 1.29 is 8.42 Å². The summed E-state index contributed by atoms with van der Waals surface area (Å²) in [4.78, 5) is 0.107. The number of aryl methyl sites for hydroxylation is 1. The summed E-state index contributed by atoms with van der Waals surface area (Å²) in [5.74, 6) is 0.552. The van der Waals surface area contributed by atoms with E-state index < -0.39 is 10.0 Å². The number of aromatic nitrogens is 2. The molecule has 0 aromatic carbocycles. The fourth-order valence-electron chi connectivity index (χ4n) is 1.57. The Hall–Kier alpha value is -1.08. The van der Waals surface area contributed by atoms with E-state index in [4.69, 9.17) is 5.73 Å². The van der Waals surface area contributed by atoms with Gasteiger partial charge in [-0.2, -0.15) is 5.10 Å². The molecule has 7 heteroatoms. The monoisotopic (exact) mass is 244 g/mol. The minimum Gasteiger partial charge on any atom is -0.381 e. The first kappa shape index (κ1) is 11.4. The Kier molecular flexibility index (Phi) is 2.67. The van der Waals surface area contributed by atoms with E-state index in [9.17, 15) is 8.42 Å². The standard InChI is InChI=1S/C9H16N4O2S/c1-6-8(9(10)12-13(6)2)16(14,15)11-5-7-3-4-7/h7,11H,3-5H2,1-2H3,(H2,10,12). The first-order valence-corrected chi connectivity index (χ1v) is 6.69. The number of nitrogen functional groups attached to an aromatic ring is 1. The molecule has 0 atom stereocenters. The third-order valence-corrected chi connectivity index (χ3v) is 4.42. The summed E-state index contributed by atoms with van der Waals surface area (Å²) < 4.78 is 28.0. The third kappa shape index (κ3) is 2.05. The highest BCUT2D eigenvalue weighted by Gasteiger charge is 2.28. The van der Waals surface area contributed by atoms with Crippen molar-refractivity contribution in [3.8, 4) is 0 Å². The zero-order valence-electron chi connectivity index (χ0n) is 9.40. The number of hydrogen-bond donors (Lipinski definition) is 2. The van der Waals surface area contributed by atoms with Crippen LogP contribution in [0.5, 0.6) is 0 Å². The van der Waals surface area contributed by atoms with Gasteiger partial charge in [-0.1, -0.05) is 0 Å². The third-order valence-electron chi connectivity index (χ3n) is 2.83. The van der Waals surface area contributed by atoms with E-state index >= 15 is 0 Å². The number of nitrogens with zero attached hydrogens (tertiary/aromatic N) is 2. The lowest BCUT2D eigenvalue weighted by atomic mass is 10.4. The van der Waals surface area contributed by atoms with Crippen LogP contribution in [0.1, 0.15) is 18.5 Å². The summed E-state index contributed by atoms with van der Waals surface area (Å²) in [6, 6.07) is 0. The number of nitrogens with one attached hydrogen (secondary N) is 1. The van der Waals surface area contributed by atoms with Gasteiger partial charge in [0.05, 0.1) is 5.69 Å². The average molecular weight is 244 g/mol. The SMILES string of the molecule is Cc1c(S(=O)(=O)NCC2CC2)c(N)nn1C. The largest absolute Gasteiger partial charge is 0.381 e. The van der Waals surface area contributed by atoms with Crippen LogP contribution < -0.4 is 10.5 Å². The van der Waals surface area contributed by atoms with Gasteiger partial charge in [0.1, 0.15) is 4.90 Å². The molecule has 90 valence electrons. The summed E-state index contributed by atoms with van der Waals surface area (Å²) in [6.07, 6.45) is 2.20. The molecule has 6 nitrogen and oxygen atoms in total. The van der Waals surface area contributed by atoms with Gasteiger partial charge in [-0.25, -0.2) is 13.1 Å². The number of nitrogens with two attached hydrogens (primary N) is 1. The molecule has 0 spiro atoms. The predicted octanol–water partition coefficient (Wildman–Crippen LogP) is -0.000980. The summed E-state index contributed by atoms with van der Waals surface area (Å²) in [5.41, 5.74) is 6.16. The Balaban J connectivity index is 2.26. The van der Waals surface area contributed by atoms with Crippen molar-refractivity contribution in [3.63, 3.8) is 0 Å². The topological polar surface area (TPSA) is 90.0 Å². The zero-order valence-corrected chi connectivity index (χ0v) is 10.2. The first-order valence-electron chi connectivity index (χ1n) is 5.20. The van der Waals surface area contributed by atoms with Crippen molar-refractivity contribution in [3.05, 3.63) is 5.69 Å². The van der Waals surface area contributed by atoms with E-state index in [2.05, 4.69) is 9.82 Å². The molecule has 1 saturated carbocycles. The van der Waals surface area contributed by atoms with Crippen molar-refractivity contribution in [2.24, 2.45) is 13.0 Å². The van der Waals surface area contributed by atoms with Crippen molar-refractivity contribution in [1.29, 1.82) is 0 Å². The van der Waals surface area contributed by atoms with Crippen molar-refractivity contribution in [1.82, 2.24) is 14.5 Å². The molecule has 0 amide bonds. The van der Waals surface area contributed by atoms with Gasteiger partial charge in [0.25, 0.3) is 0 Å². The molecule has 0 bridgehead atoms. The first-order chi connectivity index (χ1) is 7.42. The molecule has 0 aliphatic heterocycles. The molecule has 2 rings (SSSR count). The average Bonchev–Trinajstić information content (AvgIpc) is 2.93. The van der Waals surface area contributed by atoms with Gasteiger partial charge in [-0.05, 0) is 25.7 Å². The van der Waals surface area contributed by atoms with Gasteiger partial charge in [-0.15, -0.1) is 0 Å². The second-order valence-electron chi connectivity index (χ2n) is 4.22. The van der Waals surface area contributed by atoms with Crippen LogP contribution in [0.25, 0.3) is 0 Å². The molecule has 0 radical (unpaired) electrons. The summed E-state index contributed by atoms with van der Waals surface area (Å²) in [7, 11) is -1.84. The molecule has 1 aromatic heterocycles. The van der Waals surface area contributed by atoms with E-state index in [0.717, 1.165) is 12.8 Å². The van der Waals surface area contributed by atoms with E-state index in [-0.39, 0.29) is 10.7 Å². The highest BCUT2D eigenvalue weighted by atomic mass is 32.2. The lowest BCUT2D eigenvalue weighted by molar-refractivity contribution is 0.576. The molecular weight excluding hydrogens is 228 g/mol. The maximum atomic E-state index is 12.0. The van der Waals surface area contributed by atoms with E-state index in [1.807, 2.05) is 0 Å². The van der Waals surface area contributed by atoms with Gasteiger partial charge in [-0.3, -0.25) is 4.68 Å². The van der Waals surface area contributed by atoms with E-state index in [0.29, 0.717) is 18.2 Å². The summed E-state index contributed by atoms with van der Waals surface area (Å²) in [6.45, 7) is 2.19. The molecule has 1 heterocycles. The summed E-state index contributed by atoms with van der Waals surface area (Å²) >= 11 is 0. The normalized spacial score (nSPS) is 16.6.